The van der Waals surface area contributed by atoms with Gasteiger partial charge < -0.3 is 33.8 Å². The second-order valence-electron chi connectivity index (χ2n) is 24.6. The third-order valence-electron chi connectivity index (χ3n) is 15.6. The summed E-state index contributed by atoms with van der Waals surface area (Å²) in [5.41, 5.74) is 0. The zero-order chi connectivity index (χ0) is 62.9. The third kappa shape index (κ3) is 59.5. The van der Waals surface area contributed by atoms with Crippen molar-refractivity contribution in [3.8, 4) is 0 Å². The van der Waals surface area contributed by atoms with Crippen molar-refractivity contribution >= 4 is 39.5 Å². The number of carbonyl (C=O) groups is 4. The first-order valence-corrected chi connectivity index (χ1v) is 37.5. The van der Waals surface area contributed by atoms with E-state index in [1.54, 1.807) is 0 Å². The topological polar surface area (TPSA) is 237 Å². The van der Waals surface area contributed by atoms with Gasteiger partial charge in [-0.2, -0.15) is 0 Å². The summed E-state index contributed by atoms with van der Waals surface area (Å²) in [5, 5.41) is 10.5. The molecule has 0 bridgehead atoms. The molecule has 0 saturated carbocycles. The molecule has 0 aliphatic rings. The molecule has 0 spiro atoms. The molecule has 0 fully saturated rings. The van der Waals surface area contributed by atoms with E-state index >= 15 is 0 Å². The molecule has 0 aromatic rings. The first-order valence-electron chi connectivity index (χ1n) is 34.5. The number of ether oxygens (including phenoxy) is 4. The van der Waals surface area contributed by atoms with E-state index in [0.29, 0.717) is 25.7 Å². The standard InChI is InChI=1S/C66H128O17P2/c1-7-10-12-14-15-16-26-32-38-44-50-65(70)82-61(54-76-63(68)48-42-34-13-11-8-2)56-80-84(72,73)78-52-60(67)53-79-85(74,75)81-57-62(55-77-64(69)49-43-37-31-28-23-24-29-35-40-46-58(4)5)83-66(71)51-45-39-33-27-22-20-18-17-19-21-25-30-36-41-47-59(6)9-3/h58-62,67H,7-57H2,1-6H3,(H,72,73)(H,74,75)/t59?,60-,61+,62+/m0/s1. The molecule has 3 unspecified atom stereocenters. The molecule has 504 valence electrons. The summed E-state index contributed by atoms with van der Waals surface area (Å²) in [4.78, 5) is 72.0. The molecule has 3 N–H and O–H groups in total. The molecule has 0 aliphatic heterocycles. The van der Waals surface area contributed by atoms with E-state index in [0.717, 1.165) is 108 Å². The second kappa shape index (κ2) is 58.4. The first kappa shape index (κ1) is 83.1. The molecule has 0 heterocycles. The average Bonchev–Trinajstić information content (AvgIpc) is 3.58. The summed E-state index contributed by atoms with van der Waals surface area (Å²) >= 11 is 0. The number of rotatable bonds is 65. The molecule has 6 atom stereocenters. The molecule has 0 saturated heterocycles. The van der Waals surface area contributed by atoms with Crippen LogP contribution in [0.15, 0.2) is 0 Å². The van der Waals surface area contributed by atoms with Gasteiger partial charge in [0, 0.05) is 25.7 Å². The zero-order valence-corrected chi connectivity index (χ0v) is 56.7. The summed E-state index contributed by atoms with van der Waals surface area (Å²) in [6.07, 6.45) is 42.0. The van der Waals surface area contributed by atoms with Crippen LogP contribution in [-0.2, 0) is 65.4 Å². The van der Waals surface area contributed by atoms with Crippen molar-refractivity contribution in [2.24, 2.45) is 11.8 Å². The summed E-state index contributed by atoms with van der Waals surface area (Å²) < 4.78 is 67.9. The molecular weight excluding hydrogens is 1130 g/mol. The minimum Gasteiger partial charge on any atom is -0.462 e. The molecule has 19 heteroatoms. The fourth-order valence-corrected chi connectivity index (χ4v) is 11.4. The van der Waals surface area contributed by atoms with Crippen LogP contribution in [0.25, 0.3) is 0 Å². The summed E-state index contributed by atoms with van der Waals surface area (Å²) in [6, 6.07) is 0. The Bertz CT molecular complexity index is 1670. The maximum atomic E-state index is 13.0. The fourth-order valence-electron chi connectivity index (χ4n) is 9.85. The van der Waals surface area contributed by atoms with E-state index in [-0.39, 0.29) is 25.7 Å². The Morgan fingerprint density at radius 3 is 0.894 bits per heavy atom. The molecule has 85 heavy (non-hydrogen) atoms. The van der Waals surface area contributed by atoms with E-state index < -0.39 is 97.5 Å². The summed E-state index contributed by atoms with van der Waals surface area (Å²) in [7, 11) is -9.88. The Hall–Kier alpha value is -1.94. The molecule has 0 radical (unpaired) electrons. The van der Waals surface area contributed by atoms with Gasteiger partial charge in [-0.05, 0) is 37.5 Å². The Morgan fingerprint density at radius 1 is 0.341 bits per heavy atom. The number of phosphoric ester groups is 2. The van der Waals surface area contributed by atoms with Crippen molar-refractivity contribution in [3.05, 3.63) is 0 Å². The van der Waals surface area contributed by atoms with Gasteiger partial charge in [0.25, 0.3) is 0 Å². The number of esters is 4. The number of aliphatic hydroxyl groups excluding tert-OH is 1. The summed E-state index contributed by atoms with van der Waals surface area (Å²) in [5.74, 6) is -0.552. The van der Waals surface area contributed by atoms with Gasteiger partial charge in [-0.25, -0.2) is 9.13 Å². The van der Waals surface area contributed by atoms with Crippen LogP contribution >= 0.6 is 15.6 Å². The van der Waals surface area contributed by atoms with Crippen LogP contribution in [0.3, 0.4) is 0 Å². The van der Waals surface area contributed by atoms with Crippen molar-refractivity contribution in [2.45, 2.75) is 349 Å². The van der Waals surface area contributed by atoms with E-state index in [1.807, 2.05) is 0 Å². The predicted molar refractivity (Wildman–Crippen MR) is 340 cm³/mol. The summed E-state index contributed by atoms with van der Waals surface area (Å²) in [6.45, 7) is 9.45. The predicted octanol–water partition coefficient (Wildman–Crippen LogP) is 18.4. The molecule has 0 aliphatic carbocycles. The van der Waals surface area contributed by atoms with Crippen molar-refractivity contribution in [1.82, 2.24) is 0 Å². The van der Waals surface area contributed by atoms with E-state index in [4.69, 9.17) is 37.0 Å². The van der Waals surface area contributed by atoms with E-state index in [9.17, 15) is 43.2 Å². The molecule has 0 aromatic heterocycles. The van der Waals surface area contributed by atoms with Crippen LogP contribution in [0.5, 0.6) is 0 Å². The lowest BCUT2D eigenvalue weighted by Crippen LogP contribution is -2.30. The Morgan fingerprint density at radius 2 is 0.600 bits per heavy atom. The monoisotopic (exact) mass is 1250 g/mol. The van der Waals surface area contributed by atoms with Crippen LogP contribution in [0.4, 0.5) is 0 Å². The van der Waals surface area contributed by atoms with Gasteiger partial charge in [0.05, 0.1) is 26.4 Å². The van der Waals surface area contributed by atoms with E-state index in [1.165, 1.54) is 141 Å². The molecular formula is C66H128O17P2. The van der Waals surface area contributed by atoms with Crippen LogP contribution in [0, 0.1) is 11.8 Å². The lowest BCUT2D eigenvalue weighted by Gasteiger charge is -2.21. The van der Waals surface area contributed by atoms with Gasteiger partial charge in [0.1, 0.15) is 19.3 Å². The van der Waals surface area contributed by atoms with Crippen molar-refractivity contribution in [3.63, 3.8) is 0 Å². The fraction of sp³-hybridized carbons (Fsp3) is 0.939. The minimum absolute atomic E-state index is 0.105. The second-order valence-corrected chi connectivity index (χ2v) is 27.5. The van der Waals surface area contributed by atoms with Gasteiger partial charge in [-0.1, -0.05) is 279 Å². The largest absolute Gasteiger partial charge is 0.472 e. The lowest BCUT2D eigenvalue weighted by atomic mass is 9.99. The highest BCUT2D eigenvalue weighted by Gasteiger charge is 2.30. The number of aliphatic hydroxyl groups is 1. The molecule has 17 nitrogen and oxygen atoms in total. The van der Waals surface area contributed by atoms with Crippen LogP contribution in [0.1, 0.15) is 330 Å². The SMILES string of the molecule is CCCCCCCCCCCCC(=O)O[C@H](COC(=O)CCCCCCC)COP(=O)(O)OC[C@H](O)COP(=O)(O)OC[C@@H](COC(=O)CCCCCCCCCCCC(C)C)OC(=O)CCCCCCCCCCCCCCCCC(C)CC. The molecule has 0 rings (SSSR count). The Labute approximate surface area is 517 Å². The maximum Gasteiger partial charge on any atom is 0.472 e. The highest BCUT2D eigenvalue weighted by atomic mass is 31.2. The normalized spacial score (nSPS) is 14.6. The average molecular weight is 1260 g/mol. The van der Waals surface area contributed by atoms with Crippen LogP contribution in [-0.4, -0.2) is 96.7 Å². The zero-order valence-electron chi connectivity index (χ0n) is 54.9. The van der Waals surface area contributed by atoms with Crippen molar-refractivity contribution < 1.29 is 80.2 Å². The van der Waals surface area contributed by atoms with Crippen molar-refractivity contribution in [2.75, 3.05) is 39.6 Å². The molecule has 0 amide bonds. The number of phosphoric acid groups is 2. The molecule has 0 aromatic carbocycles. The number of carbonyl (C=O) groups excluding carboxylic acids is 4. The highest BCUT2D eigenvalue weighted by Crippen LogP contribution is 2.45. The smallest absolute Gasteiger partial charge is 0.462 e. The van der Waals surface area contributed by atoms with Crippen molar-refractivity contribution in [1.29, 1.82) is 0 Å². The van der Waals surface area contributed by atoms with Crippen LogP contribution < -0.4 is 0 Å². The quantitative estimate of drug-likeness (QED) is 0.0222. The van der Waals surface area contributed by atoms with Gasteiger partial charge in [-0.3, -0.25) is 37.3 Å². The minimum atomic E-state index is -4.95. The van der Waals surface area contributed by atoms with Gasteiger partial charge in [0.2, 0.25) is 0 Å². The third-order valence-corrected chi connectivity index (χ3v) is 17.5. The van der Waals surface area contributed by atoms with Gasteiger partial charge in [0.15, 0.2) is 12.2 Å². The van der Waals surface area contributed by atoms with Gasteiger partial charge >= 0.3 is 39.5 Å². The number of hydrogen-bond donors (Lipinski definition) is 3. The van der Waals surface area contributed by atoms with E-state index in [2.05, 4.69) is 41.5 Å². The first-order chi connectivity index (χ1) is 40.9. The van der Waals surface area contributed by atoms with Gasteiger partial charge in [-0.15, -0.1) is 0 Å². The Kier molecular flexibility index (Phi) is 57.1. The Balaban J connectivity index is 5.15. The lowest BCUT2D eigenvalue weighted by molar-refractivity contribution is -0.161. The van der Waals surface area contributed by atoms with Crippen LogP contribution in [0.2, 0.25) is 0 Å². The number of unbranched alkanes of at least 4 members (excludes halogenated alkanes) is 34. The maximum absolute atomic E-state index is 13.0. The number of hydrogen-bond acceptors (Lipinski definition) is 15. The highest BCUT2D eigenvalue weighted by molar-refractivity contribution is 7.47.